The van der Waals surface area contributed by atoms with Gasteiger partial charge >= 0.3 is 0 Å². The van der Waals surface area contributed by atoms with E-state index in [0.717, 1.165) is 18.0 Å². The van der Waals surface area contributed by atoms with Crippen LogP contribution in [0.25, 0.3) is 0 Å². The van der Waals surface area contributed by atoms with Crippen molar-refractivity contribution in [2.24, 2.45) is 5.92 Å². The van der Waals surface area contributed by atoms with Crippen molar-refractivity contribution < 1.29 is 0 Å². The quantitative estimate of drug-likeness (QED) is 0.459. The molecule has 0 spiro atoms. The number of hydrogen-bond donors (Lipinski definition) is 0. The van der Waals surface area contributed by atoms with Gasteiger partial charge in [0.1, 0.15) is 0 Å². The predicted octanol–water partition coefficient (Wildman–Crippen LogP) is 1.66. The van der Waals surface area contributed by atoms with E-state index in [2.05, 4.69) is 31.0 Å². The van der Waals surface area contributed by atoms with Gasteiger partial charge in [0.2, 0.25) is 0 Å². The maximum atomic E-state index is 2.49. The largest absolute Gasteiger partial charge is 0.297 e. The van der Waals surface area contributed by atoms with Crippen molar-refractivity contribution in [2.75, 3.05) is 7.05 Å². The lowest BCUT2D eigenvalue weighted by Gasteiger charge is -2.44. The monoisotopic (exact) mass is 137 g/mol. The molecule has 0 amide bonds. The highest BCUT2D eigenvalue weighted by molar-refractivity contribution is 5.10. The fourth-order valence-corrected chi connectivity index (χ4v) is 2.17. The molecule has 10 heavy (non-hydrogen) atoms. The third-order valence-electron chi connectivity index (χ3n) is 3.16. The second kappa shape index (κ2) is 2.09. The van der Waals surface area contributed by atoms with Gasteiger partial charge in [-0.25, -0.2) is 0 Å². The van der Waals surface area contributed by atoms with Gasteiger partial charge in [-0.15, -0.1) is 0 Å². The molecule has 2 heterocycles. The van der Waals surface area contributed by atoms with E-state index in [4.69, 9.17) is 0 Å². The number of nitrogens with zero attached hydrogens (tertiary/aromatic N) is 1. The highest BCUT2D eigenvalue weighted by Gasteiger charge is 2.32. The molecule has 3 atom stereocenters. The van der Waals surface area contributed by atoms with Crippen LogP contribution < -0.4 is 0 Å². The van der Waals surface area contributed by atoms with Crippen molar-refractivity contribution in [3.05, 3.63) is 12.2 Å². The zero-order valence-corrected chi connectivity index (χ0v) is 6.75. The van der Waals surface area contributed by atoms with Gasteiger partial charge < -0.3 is 0 Å². The van der Waals surface area contributed by atoms with E-state index in [1.165, 1.54) is 12.8 Å². The molecule has 3 aliphatic rings. The maximum absolute atomic E-state index is 2.49. The van der Waals surface area contributed by atoms with Gasteiger partial charge in [-0.05, 0) is 32.7 Å². The summed E-state index contributed by atoms with van der Waals surface area (Å²) in [7, 11) is 2.24. The Bertz CT molecular complexity index is 144. The van der Waals surface area contributed by atoms with Crippen molar-refractivity contribution >= 4 is 0 Å². The van der Waals surface area contributed by atoms with Crippen LogP contribution in [0.15, 0.2) is 12.2 Å². The lowest BCUT2D eigenvalue weighted by Crippen LogP contribution is -2.48. The Labute approximate surface area is 62.7 Å². The average molecular weight is 137 g/mol. The van der Waals surface area contributed by atoms with Crippen LogP contribution in [-0.2, 0) is 0 Å². The van der Waals surface area contributed by atoms with Crippen molar-refractivity contribution in [1.82, 2.24) is 4.90 Å². The molecule has 3 rings (SSSR count). The fourth-order valence-electron chi connectivity index (χ4n) is 2.17. The standard InChI is InChI=1S/C9H15N/c1-7-8-3-5-9(6-4-8)10(7)2/h3,5,7-9H,4,6H2,1-2H3/t7-,8+,9-/m1/s1. The summed E-state index contributed by atoms with van der Waals surface area (Å²) in [5.41, 5.74) is 0. The highest BCUT2D eigenvalue weighted by Crippen LogP contribution is 2.32. The van der Waals surface area contributed by atoms with Gasteiger partial charge in [-0.1, -0.05) is 12.2 Å². The molecule has 1 fully saturated rings. The second-order valence-electron chi connectivity index (χ2n) is 3.60. The molecule has 1 aliphatic carbocycles. The zero-order valence-electron chi connectivity index (χ0n) is 6.75. The fraction of sp³-hybridized carbons (Fsp3) is 0.778. The first-order valence-corrected chi connectivity index (χ1v) is 4.19. The molecule has 0 radical (unpaired) electrons. The van der Waals surface area contributed by atoms with E-state index in [-0.39, 0.29) is 0 Å². The van der Waals surface area contributed by atoms with Crippen LogP contribution in [0.1, 0.15) is 19.8 Å². The van der Waals surface area contributed by atoms with Crippen LogP contribution in [0.5, 0.6) is 0 Å². The highest BCUT2D eigenvalue weighted by atomic mass is 15.2. The van der Waals surface area contributed by atoms with E-state index in [9.17, 15) is 0 Å². The summed E-state index contributed by atoms with van der Waals surface area (Å²) >= 11 is 0. The molecule has 0 aromatic carbocycles. The van der Waals surface area contributed by atoms with E-state index < -0.39 is 0 Å². The molecule has 1 heteroatoms. The number of hydrogen-bond acceptors (Lipinski definition) is 1. The minimum absolute atomic E-state index is 0.750. The van der Waals surface area contributed by atoms with Gasteiger partial charge in [0.25, 0.3) is 0 Å². The lowest BCUT2D eigenvalue weighted by atomic mass is 9.81. The summed E-state index contributed by atoms with van der Waals surface area (Å²) in [4.78, 5) is 2.49. The Balaban J connectivity index is 2.25. The summed E-state index contributed by atoms with van der Waals surface area (Å²) in [5.74, 6) is 0.843. The van der Waals surface area contributed by atoms with Crippen molar-refractivity contribution in [1.29, 1.82) is 0 Å². The van der Waals surface area contributed by atoms with E-state index >= 15 is 0 Å². The van der Waals surface area contributed by atoms with Crippen LogP contribution in [-0.4, -0.2) is 24.0 Å². The minimum atomic E-state index is 0.750. The first kappa shape index (κ1) is 6.41. The first-order valence-electron chi connectivity index (χ1n) is 4.19. The zero-order chi connectivity index (χ0) is 7.14. The molecule has 1 saturated heterocycles. The van der Waals surface area contributed by atoms with Crippen LogP contribution in [0.3, 0.4) is 0 Å². The van der Waals surface area contributed by atoms with Crippen LogP contribution in [0.4, 0.5) is 0 Å². The number of fused-ring (bicyclic) bond motifs is 2. The average Bonchev–Trinajstić information content (AvgIpc) is 2.00. The van der Waals surface area contributed by atoms with Gasteiger partial charge in [0.15, 0.2) is 0 Å². The second-order valence-corrected chi connectivity index (χ2v) is 3.60. The van der Waals surface area contributed by atoms with Crippen molar-refractivity contribution in [3.8, 4) is 0 Å². The molecular weight excluding hydrogens is 122 g/mol. The summed E-state index contributed by atoms with van der Waals surface area (Å²) in [6, 6.07) is 1.53. The third-order valence-corrected chi connectivity index (χ3v) is 3.16. The Morgan fingerprint density at radius 3 is 2.40 bits per heavy atom. The molecule has 1 nitrogen and oxygen atoms in total. The van der Waals surface area contributed by atoms with E-state index in [0.29, 0.717) is 0 Å². The summed E-state index contributed by atoms with van der Waals surface area (Å²) in [6.45, 7) is 2.33. The van der Waals surface area contributed by atoms with Gasteiger partial charge in [0, 0.05) is 12.1 Å². The molecular formula is C9H15N. The summed E-state index contributed by atoms with van der Waals surface area (Å²) in [6.07, 6.45) is 7.56. The topological polar surface area (TPSA) is 3.24 Å². The van der Waals surface area contributed by atoms with Crippen molar-refractivity contribution in [3.63, 3.8) is 0 Å². The molecule has 0 aromatic rings. The Kier molecular flexibility index (Phi) is 1.34. The van der Waals surface area contributed by atoms with E-state index in [1.54, 1.807) is 0 Å². The molecule has 56 valence electrons. The van der Waals surface area contributed by atoms with Crippen LogP contribution in [0, 0.1) is 5.92 Å². The van der Waals surface area contributed by atoms with E-state index in [1.807, 2.05) is 0 Å². The van der Waals surface area contributed by atoms with Crippen molar-refractivity contribution in [2.45, 2.75) is 31.8 Å². The SMILES string of the molecule is C[C@@H]1[C@H]2C=C[C@H](CC2)N1C. The first-order chi connectivity index (χ1) is 4.79. The lowest BCUT2D eigenvalue weighted by molar-refractivity contribution is 0.105. The van der Waals surface area contributed by atoms with Gasteiger partial charge in [-0.2, -0.15) is 0 Å². The molecule has 0 unspecified atom stereocenters. The number of likely N-dealkylation sites (N-methyl/N-ethyl adjacent to an activating group) is 1. The Hall–Kier alpha value is -0.300. The summed E-state index contributed by atoms with van der Waals surface area (Å²) in [5, 5.41) is 0. The maximum Gasteiger partial charge on any atom is 0.0278 e. The smallest absolute Gasteiger partial charge is 0.0278 e. The normalized spacial score (nSPS) is 46.4. The molecule has 0 saturated carbocycles. The van der Waals surface area contributed by atoms with Gasteiger partial charge in [0.05, 0.1) is 0 Å². The minimum Gasteiger partial charge on any atom is -0.297 e. The summed E-state index contributed by atoms with van der Waals surface area (Å²) < 4.78 is 0. The Morgan fingerprint density at radius 2 is 2.10 bits per heavy atom. The molecule has 0 N–H and O–H groups in total. The van der Waals surface area contributed by atoms with Crippen LogP contribution in [0.2, 0.25) is 0 Å². The van der Waals surface area contributed by atoms with Crippen LogP contribution >= 0.6 is 0 Å². The number of rotatable bonds is 0. The molecule has 2 aliphatic heterocycles. The molecule has 0 aromatic heterocycles. The van der Waals surface area contributed by atoms with Gasteiger partial charge in [-0.3, -0.25) is 4.90 Å². The predicted molar refractivity (Wildman–Crippen MR) is 42.9 cm³/mol. The Morgan fingerprint density at radius 1 is 1.30 bits per heavy atom. The third kappa shape index (κ3) is 0.734. The number of piperidine rings is 1. The molecule has 2 bridgehead atoms.